The highest BCUT2D eigenvalue weighted by Gasteiger charge is 2.20. The highest BCUT2D eigenvalue weighted by atomic mass is 32.2. The molecule has 0 radical (unpaired) electrons. The third kappa shape index (κ3) is 4.18. The summed E-state index contributed by atoms with van der Waals surface area (Å²) in [7, 11) is -3.57. The van der Waals surface area contributed by atoms with Crippen LogP contribution in [0.2, 0.25) is 0 Å². The molecule has 5 nitrogen and oxygen atoms in total. The SMILES string of the molecule is CCSCC(C)NS(=O)(=O)c1cccnc1N. The molecule has 1 aromatic heterocycles. The van der Waals surface area contributed by atoms with Crippen LogP contribution in [-0.4, -0.2) is 30.9 Å². The maximum atomic E-state index is 12.0. The molecule has 7 heteroatoms. The third-order valence-electron chi connectivity index (χ3n) is 2.02. The summed E-state index contributed by atoms with van der Waals surface area (Å²) in [5, 5.41) is 0. The Balaban J connectivity index is 2.79. The van der Waals surface area contributed by atoms with E-state index in [4.69, 9.17) is 5.73 Å². The Morgan fingerprint density at radius 2 is 2.29 bits per heavy atom. The standard InChI is InChI=1S/C10H17N3O2S2/c1-3-16-7-8(2)13-17(14,15)9-5-4-6-12-10(9)11/h4-6,8,13H,3,7H2,1-2H3,(H2,11,12). The number of nitrogens with one attached hydrogen (secondary N) is 1. The van der Waals surface area contributed by atoms with E-state index in [1.807, 2.05) is 13.8 Å². The molecule has 1 atom stereocenters. The Morgan fingerprint density at radius 3 is 2.88 bits per heavy atom. The lowest BCUT2D eigenvalue weighted by Crippen LogP contribution is -2.34. The molecule has 0 saturated heterocycles. The highest BCUT2D eigenvalue weighted by Crippen LogP contribution is 2.15. The number of pyridine rings is 1. The predicted octanol–water partition coefficient (Wildman–Crippen LogP) is 1.08. The summed E-state index contributed by atoms with van der Waals surface area (Å²) < 4.78 is 26.6. The fourth-order valence-corrected chi connectivity index (χ4v) is 3.39. The van der Waals surface area contributed by atoms with Gasteiger partial charge in [-0.1, -0.05) is 6.92 Å². The molecule has 0 spiro atoms. The predicted molar refractivity (Wildman–Crippen MR) is 71.4 cm³/mol. The van der Waals surface area contributed by atoms with E-state index in [1.165, 1.54) is 12.3 Å². The van der Waals surface area contributed by atoms with E-state index in [0.717, 1.165) is 11.5 Å². The fourth-order valence-electron chi connectivity index (χ4n) is 1.29. The molecule has 0 fully saturated rings. The summed E-state index contributed by atoms with van der Waals surface area (Å²) in [5.74, 6) is 1.71. The minimum Gasteiger partial charge on any atom is -0.383 e. The van der Waals surface area contributed by atoms with Crippen molar-refractivity contribution in [1.29, 1.82) is 0 Å². The molecule has 1 heterocycles. The molecule has 1 unspecified atom stereocenters. The lowest BCUT2D eigenvalue weighted by molar-refractivity contribution is 0.571. The van der Waals surface area contributed by atoms with Crippen molar-refractivity contribution in [2.45, 2.75) is 24.8 Å². The van der Waals surface area contributed by atoms with Gasteiger partial charge in [-0.2, -0.15) is 11.8 Å². The molecule has 0 aliphatic heterocycles. The monoisotopic (exact) mass is 275 g/mol. The van der Waals surface area contributed by atoms with E-state index in [1.54, 1.807) is 17.8 Å². The molecule has 1 rings (SSSR count). The van der Waals surface area contributed by atoms with E-state index in [9.17, 15) is 8.42 Å². The molecule has 0 bridgehead atoms. The van der Waals surface area contributed by atoms with Crippen molar-refractivity contribution in [3.05, 3.63) is 18.3 Å². The van der Waals surface area contributed by atoms with Gasteiger partial charge in [-0.15, -0.1) is 0 Å². The van der Waals surface area contributed by atoms with Crippen LogP contribution in [0, 0.1) is 0 Å². The van der Waals surface area contributed by atoms with Gasteiger partial charge in [0.05, 0.1) is 0 Å². The van der Waals surface area contributed by atoms with Crippen molar-refractivity contribution in [3.63, 3.8) is 0 Å². The zero-order chi connectivity index (χ0) is 12.9. The van der Waals surface area contributed by atoms with Crippen LogP contribution in [0.3, 0.4) is 0 Å². The van der Waals surface area contributed by atoms with Crippen molar-refractivity contribution < 1.29 is 8.42 Å². The number of nitrogens with two attached hydrogens (primary N) is 1. The van der Waals surface area contributed by atoms with Crippen LogP contribution in [-0.2, 0) is 10.0 Å². The van der Waals surface area contributed by atoms with E-state index < -0.39 is 10.0 Å². The number of rotatable bonds is 6. The Bertz CT molecular complexity index is 462. The molecule has 3 N–H and O–H groups in total. The maximum Gasteiger partial charge on any atom is 0.244 e. The van der Waals surface area contributed by atoms with Gasteiger partial charge >= 0.3 is 0 Å². The zero-order valence-electron chi connectivity index (χ0n) is 9.88. The number of thioether (sulfide) groups is 1. The smallest absolute Gasteiger partial charge is 0.244 e. The Morgan fingerprint density at radius 1 is 1.59 bits per heavy atom. The summed E-state index contributed by atoms with van der Waals surface area (Å²) in [6.07, 6.45) is 1.46. The first-order chi connectivity index (χ1) is 7.97. The Hall–Kier alpha value is -0.790. The molecule has 0 saturated carbocycles. The van der Waals surface area contributed by atoms with Crippen LogP contribution < -0.4 is 10.5 Å². The second-order valence-electron chi connectivity index (χ2n) is 3.57. The normalized spacial score (nSPS) is 13.5. The van der Waals surface area contributed by atoms with Crippen LogP contribution in [0.1, 0.15) is 13.8 Å². The van der Waals surface area contributed by atoms with Crippen molar-refractivity contribution in [2.75, 3.05) is 17.2 Å². The van der Waals surface area contributed by atoms with Crippen molar-refractivity contribution >= 4 is 27.6 Å². The minimum atomic E-state index is -3.57. The van der Waals surface area contributed by atoms with Gasteiger partial charge in [0.1, 0.15) is 10.7 Å². The molecule has 96 valence electrons. The fraction of sp³-hybridized carbons (Fsp3) is 0.500. The first-order valence-corrected chi connectivity index (χ1v) is 7.91. The molecule has 1 aromatic rings. The lowest BCUT2D eigenvalue weighted by atomic mass is 10.4. The highest BCUT2D eigenvalue weighted by molar-refractivity contribution is 7.99. The zero-order valence-corrected chi connectivity index (χ0v) is 11.5. The molecular weight excluding hydrogens is 258 g/mol. The third-order valence-corrected chi connectivity index (χ3v) is 4.80. The summed E-state index contributed by atoms with van der Waals surface area (Å²) >= 11 is 1.68. The van der Waals surface area contributed by atoms with Gasteiger partial charge in [-0.3, -0.25) is 0 Å². The largest absolute Gasteiger partial charge is 0.383 e. The number of aromatic nitrogens is 1. The quantitative estimate of drug-likeness (QED) is 0.811. The van der Waals surface area contributed by atoms with Gasteiger partial charge < -0.3 is 5.73 Å². The number of anilines is 1. The van der Waals surface area contributed by atoms with E-state index >= 15 is 0 Å². The average Bonchev–Trinajstić information content (AvgIpc) is 2.26. The van der Waals surface area contributed by atoms with Crippen LogP contribution in [0.15, 0.2) is 23.2 Å². The summed E-state index contributed by atoms with van der Waals surface area (Å²) in [6.45, 7) is 3.86. The van der Waals surface area contributed by atoms with Gasteiger partial charge in [0.25, 0.3) is 0 Å². The van der Waals surface area contributed by atoms with Crippen molar-refractivity contribution in [3.8, 4) is 0 Å². The summed E-state index contributed by atoms with van der Waals surface area (Å²) in [4.78, 5) is 3.80. The number of hydrogen-bond donors (Lipinski definition) is 2. The molecule has 0 aliphatic rings. The number of nitrogen functional groups attached to an aromatic ring is 1. The van der Waals surface area contributed by atoms with Gasteiger partial charge in [-0.25, -0.2) is 18.1 Å². The van der Waals surface area contributed by atoms with Crippen LogP contribution in [0.4, 0.5) is 5.82 Å². The molecule has 0 aliphatic carbocycles. The summed E-state index contributed by atoms with van der Waals surface area (Å²) in [6, 6.07) is 2.87. The second-order valence-corrected chi connectivity index (χ2v) is 6.57. The maximum absolute atomic E-state index is 12.0. The Labute approximate surface area is 106 Å². The molecule has 0 aromatic carbocycles. The second kappa shape index (κ2) is 6.23. The molecule has 0 amide bonds. The first kappa shape index (κ1) is 14.3. The first-order valence-electron chi connectivity index (χ1n) is 5.28. The number of sulfonamides is 1. The van der Waals surface area contributed by atoms with Gasteiger partial charge in [-0.05, 0) is 24.8 Å². The Kier molecular flexibility index (Phi) is 5.23. The topological polar surface area (TPSA) is 85.1 Å². The molecular formula is C10H17N3O2S2. The molecule has 17 heavy (non-hydrogen) atoms. The number of nitrogens with zero attached hydrogens (tertiary/aromatic N) is 1. The van der Waals surface area contributed by atoms with E-state index in [2.05, 4.69) is 9.71 Å². The van der Waals surface area contributed by atoms with Crippen LogP contribution in [0.25, 0.3) is 0 Å². The van der Waals surface area contributed by atoms with E-state index in [0.29, 0.717) is 0 Å². The minimum absolute atomic E-state index is 0.0235. The summed E-state index contributed by atoms with van der Waals surface area (Å²) in [5.41, 5.74) is 5.55. The van der Waals surface area contributed by atoms with Crippen molar-refractivity contribution in [2.24, 2.45) is 0 Å². The lowest BCUT2D eigenvalue weighted by Gasteiger charge is -2.14. The van der Waals surface area contributed by atoms with Gasteiger partial charge in [0.15, 0.2) is 0 Å². The van der Waals surface area contributed by atoms with Gasteiger partial charge in [0.2, 0.25) is 10.0 Å². The van der Waals surface area contributed by atoms with Gasteiger partial charge in [0, 0.05) is 18.0 Å². The van der Waals surface area contributed by atoms with Crippen LogP contribution >= 0.6 is 11.8 Å². The number of hydrogen-bond acceptors (Lipinski definition) is 5. The van der Waals surface area contributed by atoms with Crippen LogP contribution in [0.5, 0.6) is 0 Å². The van der Waals surface area contributed by atoms with E-state index in [-0.39, 0.29) is 16.8 Å². The average molecular weight is 275 g/mol. The van der Waals surface area contributed by atoms with Crippen molar-refractivity contribution in [1.82, 2.24) is 9.71 Å².